The van der Waals surface area contributed by atoms with Crippen molar-refractivity contribution < 1.29 is 4.52 Å². The fourth-order valence-corrected chi connectivity index (χ4v) is 2.89. The third-order valence-electron chi connectivity index (χ3n) is 4.09. The molecule has 1 heterocycles. The van der Waals surface area contributed by atoms with Gasteiger partial charge in [0.2, 0.25) is 5.89 Å². The minimum absolute atomic E-state index is 0.295. The van der Waals surface area contributed by atoms with Crippen molar-refractivity contribution in [3.05, 3.63) is 11.7 Å². The molecule has 5 heteroatoms. The Morgan fingerprint density at radius 1 is 1.30 bits per heavy atom. The number of nitrogens with zero attached hydrogens (tertiary/aromatic N) is 3. The van der Waals surface area contributed by atoms with Crippen LogP contribution >= 0.6 is 0 Å². The van der Waals surface area contributed by atoms with Gasteiger partial charge in [0, 0.05) is 18.0 Å². The van der Waals surface area contributed by atoms with Gasteiger partial charge < -0.3 is 10.3 Å². The summed E-state index contributed by atoms with van der Waals surface area (Å²) in [5, 5.41) is 4.12. The van der Waals surface area contributed by atoms with E-state index in [4.69, 9.17) is 10.3 Å². The minimum Gasteiger partial charge on any atom is -0.339 e. The number of aromatic nitrogens is 2. The molecule has 0 radical (unpaired) electrons. The van der Waals surface area contributed by atoms with Crippen molar-refractivity contribution in [2.75, 3.05) is 6.54 Å². The first-order valence-corrected chi connectivity index (χ1v) is 7.92. The molecular weight excluding hydrogens is 252 g/mol. The number of nitrogens with two attached hydrogens (primary N) is 1. The lowest BCUT2D eigenvalue weighted by Crippen LogP contribution is -2.41. The monoisotopic (exact) mass is 280 g/mol. The zero-order valence-corrected chi connectivity index (χ0v) is 13.0. The maximum atomic E-state index is 6.00. The maximum Gasteiger partial charge on any atom is 0.229 e. The second-order valence-electron chi connectivity index (χ2n) is 6.24. The molecule has 0 unspecified atom stereocenters. The van der Waals surface area contributed by atoms with Crippen LogP contribution in [0.2, 0.25) is 0 Å². The van der Waals surface area contributed by atoms with Crippen molar-refractivity contribution in [3.8, 4) is 0 Å². The largest absolute Gasteiger partial charge is 0.339 e. The van der Waals surface area contributed by atoms with Gasteiger partial charge in [-0.05, 0) is 38.6 Å². The van der Waals surface area contributed by atoms with E-state index in [-0.39, 0.29) is 0 Å². The van der Waals surface area contributed by atoms with Gasteiger partial charge in [-0.15, -0.1) is 0 Å². The highest BCUT2D eigenvalue weighted by atomic mass is 16.5. The lowest BCUT2D eigenvalue weighted by atomic mass is 9.90. The fourth-order valence-electron chi connectivity index (χ4n) is 2.89. The second-order valence-corrected chi connectivity index (χ2v) is 6.24. The quantitative estimate of drug-likeness (QED) is 0.867. The normalized spacial score (nSPS) is 23.7. The maximum absolute atomic E-state index is 6.00. The van der Waals surface area contributed by atoms with Gasteiger partial charge in [0.15, 0.2) is 5.82 Å². The summed E-state index contributed by atoms with van der Waals surface area (Å²) < 4.78 is 5.30. The molecule has 20 heavy (non-hydrogen) atoms. The highest BCUT2D eigenvalue weighted by molar-refractivity contribution is 4.92. The summed E-state index contributed by atoms with van der Waals surface area (Å²) in [5.74, 6) is 1.85. The summed E-state index contributed by atoms with van der Waals surface area (Å²) in [6.45, 7) is 8.25. The van der Waals surface area contributed by atoms with E-state index < -0.39 is 0 Å². The number of hydrogen-bond acceptors (Lipinski definition) is 5. The fraction of sp³-hybridized carbons (Fsp3) is 0.867. The van der Waals surface area contributed by atoms with Crippen molar-refractivity contribution in [1.29, 1.82) is 0 Å². The van der Waals surface area contributed by atoms with E-state index in [1.165, 1.54) is 12.8 Å². The average Bonchev–Trinajstić information content (AvgIpc) is 2.88. The summed E-state index contributed by atoms with van der Waals surface area (Å²) >= 11 is 0. The molecule has 0 saturated heterocycles. The highest BCUT2D eigenvalue weighted by Gasteiger charge is 2.25. The molecule has 0 aromatic carbocycles. The van der Waals surface area contributed by atoms with E-state index in [9.17, 15) is 0 Å². The first kappa shape index (κ1) is 15.4. The Hall–Kier alpha value is -0.940. The van der Waals surface area contributed by atoms with E-state index >= 15 is 0 Å². The molecule has 1 aliphatic carbocycles. The molecule has 2 rings (SSSR count). The van der Waals surface area contributed by atoms with Gasteiger partial charge in [-0.3, -0.25) is 4.90 Å². The average molecular weight is 280 g/mol. The van der Waals surface area contributed by atoms with E-state index in [0.29, 0.717) is 18.0 Å². The summed E-state index contributed by atoms with van der Waals surface area (Å²) in [6.07, 6.45) is 5.80. The zero-order valence-electron chi connectivity index (χ0n) is 13.0. The van der Waals surface area contributed by atoms with Gasteiger partial charge in [-0.25, -0.2) is 0 Å². The van der Waals surface area contributed by atoms with Crippen LogP contribution in [0.4, 0.5) is 0 Å². The molecule has 0 aliphatic heterocycles. The van der Waals surface area contributed by atoms with Crippen LogP contribution in [0.15, 0.2) is 4.52 Å². The van der Waals surface area contributed by atoms with Crippen LogP contribution in [-0.4, -0.2) is 33.7 Å². The SMILES string of the molecule is CCCN(Cc1noc(C(C)C)n1)C1CCC(N)CC1. The molecule has 1 fully saturated rings. The van der Waals surface area contributed by atoms with E-state index in [2.05, 4.69) is 35.8 Å². The minimum atomic E-state index is 0.295. The standard InChI is InChI=1S/C15H28N4O/c1-4-9-19(13-7-5-12(16)6-8-13)10-14-17-15(11(2)3)20-18-14/h11-13H,4-10,16H2,1-3H3. The lowest BCUT2D eigenvalue weighted by Gasteiger charge is -2.35. The third-order valence-corrected chi connectivity index (χ3v) is 4.09. The molecule has 0 spiro atoms. The topological polar surface area (TPSA) is 68.2 Å². The van der Waals surface area contributed by atoms with Crippen molar-refractivity contribution in [2.45, 2.75) is 77.4 Å². The molecule has 5 nitrogen and oxygen atoms in total. The van der Waals surface area contributed by atoms with Gasteiger partial charge in [0.05, 0.1) is 6.54 Å². The van der Waals surface area contributed by atoms with Crippen molar-refractivity contribution >= 4 is 0 Å². The predicted octanol–water partition coefficient (Wildman–Crippen LogP) is 2.67. The summed E-state index contributed by atoms with van der Waals surface area (Å²) in [5.41, 5.74) is 6.00. The Labute approximate surface area is 121 Å². The van der Waals surface area contributed by atoms with Crippen LogP contribution in [0.1, 0.15) is 70.5 Å². The van der Waals surface area contributed by atoms with Crippen LogP contribution < -0.4 is 5.73 Å². The molecule has 0 bridgehead atoms. The van der Waals surface area contributed by atoms with Crippen LogP contribution in [0.25, 0.3) is 0 Å². The van der Waals surface area contributed by atoms with Crippen LogP contribution in [0.3, 0.4) is 0 Å². The van der Waals surface area contributed by atoms with Crippen LogP contribution in [0, 0.1) is 0 Å². The Morgan fingerprint density at radius 3 is 2.55 bits per heavy atom. The van der Waals surface area contributed by atoms with E-state index in [0.717, 1.165) is 44.1 Å². The molecule has 1 aromatic heterocycles. The molecule has 2 N–H and O–H groups in total. The Kier molecular flexibility index (Phi) is 5.54. The van der Waals surface area contributed by atoms with Crippen LogP contribution in [0.5, 0.6) is 0 Å². The van der Waals surface area contributed by atoms with Gasteiger partial charge in [-0.2, -0.15) is 4.98 Å². The highest BCUT2D eigenvalue weighted by Crippen LogP contribution is 2.23. The summed E-state index contributed by atoms with van der Waals surface area (Å²) in [4.78, 5) is 7.00. The van der Waals surface area contributed by atoms with Gasteiger partial charge in [-0.1, -0.05) is 25.9 Å². The molecule has 0 amide bonds. The molecule has 114 valence electrons. The first-order valence-electron chi connectivity index (χ1n) is 7.92. The summed E-state index contributed by atoms with van der Waals surface area (Å²) in [6, 6.07) is 1.02. The molecule has 1 saturated carbocycles. The van der Waals surface area contributed by atoms with E-state index in [1.54, 1.807) is 0 Å². The number of rotatable bonds is 6. The Balaban J connectivity index is 1.97. The van der Waals surface area contributed by atoms with Gasteiger partial charge >= 0.3 is 0 Å². The molecule has 1 aliphatic rings. The summed E-state index contributed by atoms with van der Waals surface area (Å²) in [7, 11) is 0. The molecule has 1 aromatic rings. The third kappa shape index (κ3) is 4.03. The van der Waals surface area contributed by atoms with Crippen LogP contribution in [-0.2, 0) is 6.54 Å². The molecular formula is C15H28N4O. The second kappa shape index (κ2) is 7.18. The van der Waals surface area contributed by atoms with E-state index in [1.807, 2.05) is 0 Å². The number of hydrogen-bond donors (Lipinski definition) is 1. The first-order chi connectivity index (χ1) is 9.60. The van der Waals surface area contributed by atoms with Gasteiger partial charge in [0.25, 0.3) is 0 Å². The Morgan fingerprint density at radius 2 is 2.00 bits per heavy atom. The van der Waals surface area contributed by atoms with Gasteiger partial charge in [0.1, 0.15) is 0 Å². The van der Waals surface area contributed by atoms with Crippen molar-refractivity contribution in [3.63, 3.8) is 0 Å². The lowest BCUT2D eigenvalue weighted by molar-refractivity contribution is 0.137. The Bertz CT molecular complexity index is 396. The van der Waals surface area contributed by atoms with Crippen molar-refractivity contribution in [2.24, 2.45) is 5.73 Å². The zero-order chi connectivity index (χ0) is 14.5. The smallest absolute Gasteiger partial charge is 0.229 e. The van der Waals surface area contributed by atoms with Crippen molar-refractivity contribution in [1.82, 2.24) is 15.0 Å². The molecule has 0 atom stereocenters. The predicted molar refractivity (Wildman–Crippen MR) is 79.3 cm³/mol.